The SMILES string of the molecule is CCC#CC[C@H](C)[C@H](O)/C=C/C1CCC(=O)N1CCSCCCC(=O)O. The van der Waals surface area contributed by atoms with Crippen LogP contribution in [0.3, 0.4) is 0 Å². The van der Waals surface area contributed by atoms with E-state index in [2.05, 4.69) is 11.8 Å². The highest BCUT2D eigenvalue weighted by molar-refractivity contribution is 7.99. The Morgan fingerprint density at radius 3 is 2.88 bits per heavy atom. The van der Waals surface area contributed by atoms with E-state index in [1.807, 2.05) is 24.8 Å². The molecule has 6 heteroatoms. The average Bonchev–Trinajstić information content (AvgIpc) is 2.95. The first-order chi connectivity index (χ1) is 12.5. The molecule has 1 heterocycles. The van der Waals surface area contributed by atoms with Crippen molar-refractivity contribution in [3.8, 4) is 11.8 Å². The summed E-state index contributed by atoms with van der Waals surface area (Å²) in [5.74, 6) is 7.14. The Bertz CT molecular complexity index is 538. The summed E-state index contributed by atoms with van der Waals surface area (Å²) in [5, 5.41) is 18.9. The summed E-state index contributed by atoms with van der Waals surface area (Å²) in [6.07, 6.45) is 6.88. The summed E-state index contributed by atoms with van der Waals surface area (Å²) in [7, 11) is 0. The number of amides is 1. The fourth-order valence-corrected chi connectivity index (χ4v) is 3.63. The molecule has 1 amide bonds. The van der Waals surface area contributed by atoms with Crippen LogP contribution >= 0.6 is 11.8 Å². The quantitative estimate of drug-likeness (QED) is 0.327. The van der Waals surface area contributed by atoms with E-state index < -0.39 is 12.1 Å². The van der Waals surface area contributed by atoms with Gasteiger partial charge in [0.25, 0.3) is 0 Å². The van der Waals surface area contributed by atoms with Crippen LogP contribution in [0.5, 0.6) is 0 Å². The maximum Gasteiger partial charge on any atom is 0.303 e. The third kappa shape index (κ3) is 8.77. The van der Waals surface area contributed by atoms with Crippen LogP contribution in [0.15, 0.2) is 12.2 Å². The molecule has 146 valence electrons. The van der Waals surface area contributed by atoms with Gasteiger partial charge in [-0.3, -0.25) is 9.59 Å². The molecule has 2 N–H and O–H groups in total. The summed E-state index contributed by atoms with van der Waals surface area (Å²) in [6, 6.07) is 0.0469. The van der Waals surface area contributed by atoms with Crippen LogP contribution in [-0.2, 0) is 9.59 Å². The van der Waals surface area contributed by atoms with E-state index in [0.29, 0.717) is 25.8 Å². The molecule has 0 aromatic carbocycles. The van der Waals surface area contributed by atoms with E-state index in [9.17, 15) is 14.7 Å². The third-order valence-electron chi connectivity index (χ3n) is 4.37. The van der Waals surface area contributed by atoms with Gasteiger partial charge in [0.1, 0.15) is 0 Å². The van der Waals surface area contributed by atoms with Gasteiger partial charge in [0.05, 0.1) is 12.1 Å². The number of carbonyl (C=O) groups excluding carboxylic acids is 1. The number of aliphatic hydroxyl groups excluding tert-OH is 1. The molecule has 1 saturated heterocycles. The topological polar surface area (TPSA) is 77.8 Å². The molecule has 0 spiro atoms. The van der Waals surface area contributed by atoms with Crippen LogP contribution in [0.2, 0.25) is 0 Å². The predicted molar refractivity (Wildman–Crippen MR) is 106 cm³/mol. The maximum absolute atomic E-state index is 12.1. The van der Waals surface area contributed by atoms with Gasteiger partial charge in [-0.1, -0.05) is 26.0 Å². The minimum atomic E-state index is -0.765. The molecule has 3 atom stereocenters. The molecule has 0 aliphatic carbocycles. The van der Waals surface area contributed by atoms with Gasteiger partial charge in [0, 0.05) is 38.0 Å². The Kier molecular flexibility index (Phi) is 11.1. The van der Waals surface area contributed by atoms with Crippen molar-refractivity contribution in [1.29, 1.82) is 0 Å². The number of carboxylic acid groups (broad SMARTS) is 1. The lowest BCUT2D eigenvalue weighted by Gasteiger charge is -2.23. The second kappa shape index (κ2) is 12.8. The molecule has 1 aliphatic rings. The Morgan fingerprint density at radius 1 is 1.42 bits per heavy atom. The number of nitrogens with zero attached hydrogens (tertiary/aromatic N) is 1. The molecule has 0 bridgehead atoms. The molecule has 1 aliphatic heterocycles. The Morgan fingerprint density at radius 2 is 2.19 bits per heavy atom. The number of aliphatic hydroxyl groups is 1. The second-order valence-electron chi connectivity index (χ2n) is 6.57. The highest BCUT2D eigenvalue weighted by atomic mass is 32.2. The average molecular weight is 382 g/mol. The Labute approximate surface area is 161 Å². The van der Waals surface area contributed by atoms with Crippen LogP contribution in [-0.4, -0.2) is 57.2 Å². The number of carboxylic acids is 1. The first-order valence-electron chi connectivity index (χ1n) is 9.36. The summed E-state index contributed by atoms with van der Waals surface area (Å²) in [4.78, 5) is 24.4. The van der Waals surface area contributed by atoms with Crippen molar-refractivity contribution in [2.24, 2.45) is 5.92 Å². The van der Waals surface area contributed by atoms with Crippen molar-refractivity contribution in [2.45, 2.75) is 64.5 Å². The van der Waals surface area contributed by atoms with Crippen LogP contribution in [0.4, 0.5) is 0 Å². The van der Waals surface area contributed by atoms with E-state index in [0.717, 1.165) is 24.3 Å². The monoisotopic (exact) mass is 381 g/mol. The molecule has 1 fully saturated rings. The highest BCUT2D eigenvalue weighted by Gasteiger charge is 2.28. The van der Waals surface area contributed by atoms with Crippen LogP contribution < -0.4 is 0 Å². The van der Waals surface area contributed by atoms with Crippen LogP contribution in [0.1, 0.15) is 52.4 Å². The fourth-order valence-electron chi connectivity index (χ4n) is 2.75. The maximum atomic E-state index is 12.1. The number of carbonyl (C=O) groups is 2. The minimum absolute atomic E-state index is 0.0469. The molecule has 1 rings (SSSR count). The van der Waals surface area contributed by atoms with E-state index in [-0.39, 0.29) is 24.3 Å². The molecule has 1 unspecified atom stereocenters. The van der Waals surface area contributed by atoms with Crippen molar-refractivity contribution >= 4 is 23.6 Å². The van der Waals surface area contributed by atoms with Crippen molar-refractivity contribution in [3.63, 3.8) is 0 Å². The number of likely N-dealkylation sites (tertiary alicyclic amines) is 1. The van der Waals surface area contributed by atoms with Gasteiger partial charge in [-0.15, -0.1) is 11.8 Å². The zero-order valence-corrected chi connectivity index (χ0v) is 16.6. The lowest BCUT2D eigenvalue weighted by atomic mass is 10.00. The zero-order valence-electron chi connectivity index (χ0n) is 15.8. The smallest absolute Gasteiger partial charge is 0.303 e. The minimum Gasteiger partial charge on any atom is -0.481 e. The van der Waals surface area contributed by atoms with Gasteiger partial charge in [0.2, 0.25) is 5.91 Å². The number of aliphatic carboxylic acids is 1. The first kappa shape index (κ1) is 22.6. The van der Waals surface area contributed by atoms with Crippen LogP contribution in [0, 0.1) is 17.8 Å². The number of rotatable bonds is 11. The van der Waals surface area contributed by atoms with E-state index in [1.165, 1.54) is 0 Å². The molecular formula is C20H31NO4S. The van der Waals surface area contributed by atoms with Crippen molar-refractivity contribution in [2.75, 3.05) is 18.1 Å². The standard InChI is InChI=1S/C20H31NO4S/c1-3-4-5-7-16(2)18(22)11-9-17-10-12-19(23)21(17)13-15-26-14-6-8-20(24)25/h9,11,16-18,22H,3,6-8,10,12-15H2,1-2H3,(H,24,25)/b11-9+/t16-,17?,18+/m0/s1. The molecule has 0 radical (unpaired) electrons. The number of hydrogen-bond acceptors (Lipinski definition) is 4. The largest absolute Gasteiger partial charge is 0.481 e. The van der Waals surface area contributed by atoms with Gasteiger partial charge in [0.15, 0.2) is 0 Å². The molecule has 0 aromatic rings. The Balaban J connectivity index is 2.39. The van der Waals surface area contributed by atoms with E-state index in [1.54, 1.807) is 17.8 Å². The molecule has 5 nitrogen and oxygen atoms in total. The van der Waals surface area contributed by atoms with Gasteiger partial charge < -0.3 is 15.1 Å². The number of hydrogen-bond donors (Lipinski definition) is 2. The molecular weight excluding hydrogens is 350 g/mol. The molecule has 0 aromatic heterocycles. The second-order valence-corrected chi connectivity index (χ2v) is 7.79. The first-order valence-corrected chi connectivity index (χ1v) is 10.5. The summed E-state index contributed by atoms with van der Waals surface area (Å²) < 4.78 is 0. The predicted octanol–water partition coefficient (Wildman–Crippen LogP) is 2.93. The fraction of sp³-hybridized carbons (Fsp3) is 0.700. The normalized spacial score (nSPS) is 19.4. The third-order valence-corrected chi connectivity index (χ3v) is 5.42. The van der Waals surface area contributed by atoms with Crippen molar-refractivity contribution in [1.82, 2.24) is 4.90 Å². The van der Waals surface area contributed by atoms with Gasteiger partial charge >= 0.3 is 5.97 Å². The molecule has 26 heavy (non-hydrogen) atoms. The van der Waals surface area contributed by atoms with E-state index in [4.69, 9.17) is 5.11 Å². The lowest BCUT2D eigenvalue weighted by molar-refractivity contribution is -0.137. The number of thioether (sulfide) groups is 1. The highest BCUT2D eigenvalue weighted by Crippen LogP contribution is 2.21. The van der Waals surface area contributed by atoms with Crippen molar-refractivity contribution < 1.29 is 19.8 Å². The zero-order chi connectivity index (χ0) is 19.4. The van der Waals surface area contributed by atoms with Crippen LogP contribution in [0.25, 0.3) is 0 Å². The Hall–Kier alpha value is -1.45. The van der Waals surface area contributed by atoms with E-state index >= 15 is 0 Å². The lowest BCUT2D eigenvalue weighted by Crippen LogP contribution is -2.34. The molecule has 0 saturated carbocycles. The van der Waals surface area contributed by atoms with Gasteiger partial charge in [-0.05, 0) is 24.5 Å². The van der Waals surface area contributed by atoms with Crippen molar-refractivity contribution in [3.05, 3.63) is 12.2 Å². The van der Waals surface area contributed by atoms with Gasteiger partial charge in [-0.2, -0.15) is 11.8 Å². The summed E-state index contributed by atoms with van der Waals surface area (Å²) >= 11 is 1.68. The summed E-state index contributed by atoms with van der Waals surface area (Å²) in [6.45, 7) is 4.65. The summed E-state index contributed by atoms with van der Waals surface area (Å²) in [5.41, 5.74) is 0. The van der Waals surface area contributed by atoms with Gasteiger partial charge in [-0.25, -0.2) is 0 Å².